The molecular formula is C9H13NO3. The standard InChI is InChI=1S/C9H13NO3/c1-7(11)10-6-9(12-2)8-4-3-5-13-8/h3-5,9H,6H2,1-2H3,(H,10,11)/t9-/m1/s1. The van der Waals surface area contributed by atoms with Crippen LogP contribution in [0.3, 0.4) is 0 Å². The Balaban J connectivity index is 2.49. The number of rotatable bonds is 4. The van der Waals surface area contributed by atoms with Gasteiger partial charge in [-0.1, -0.05) is 0 Å². The third-order valence-electron chi connectivity index (χ3n) is 1.68. The average Bonchev–Trinajstić information content (AvgIpc) is 2.58. The third kappa shape index (κ3) is 2.91. The van der Waals surface area contributed by atoms with Crippen LogP contribution in [0.15, 0.2) is 22.8 Å². The summed E-state index contributed by atoms with van der Waals surface area (Å²) in [4.78, 5) is 10.6. The molecule has 0 aromatic carbocycles. The second kappa shape index (κ2) is 4.67. The van der Waals surface area contributed by atoms with E-state index in [0.29, 0.717) is 6.54 Å². The smallest absolute Gasteiger partial charge is 0.216 e. The van der Waals surface area contributed by atoms with Gasteiger partial charge in [0.15, 0.2) is 0 Å². The van der Waals surface area contributed by atoms with E-state index in [1.807, 2.05) is 6.07 Å². The lowest BCUT2D eigenvalue weighted by molar-refractivity contribution is -0.119. The molecule has 1 N–H and O–H groups in total. The highest BCUT2D eigenvalue weighted by molar-refractivity contribution is 5.72. The topological polar surface area (TPSA) is 51.5 Å². The van der Waals surface area contributed by atoms with Gasteiger partial charge in [-0.05, 0) is 12.1 Å². The van der Waals surface area contributed by atoms with Crippen LogP contribution in [0.4, 0.5) is 0 Å². The normalized spacial score (nSPS) is 12.5. The fourth-order valence-electron chi connectivity index (χ4n) is 1.01. The van der Waals surface area contributed by atoms with Crippen molar-refractivity contribution in [2.75, 3.05) is 13.7 Å². The second-order valence-corrected chi connectivity index (χ2v) is 2.68. The Hall–Kier alpha value is -1.29. The number of carbonyl (C=O) groups is 1. The quantitative estimate of drug-likeness (QED) is 0.760. The Morgan fingerprint density at radius 2 is 2.54 bits per heavy atom. The van der Waals surface area contributed by atoms with Crippen LogP contribution in [-0.2, 0) is 9.53 Å². The molecule has 0 spiro atoms. The predicted molar refractivity (Wildman–Crippen MR) is 47.1 cm³/mol. The number of hydrogen-bond acceptors (Lipinski definition) is 3. The minimum Gasteiger partial charge on any atom is -0.467 e. The highest BCUT2D eigenvalue weighted by Crippen LogP contribution is 2.15. The Labute approximate surface area is 76.9 Å². The SMILES string of the molecule is CO[C@H](CNC(C)=O)c1ccco1. The monoisotopic (exact) mass is 183 g/mol. The van der Waals surface area contributed by atoms with Gasteiger partial charge >= 0.3 is 0 Å². The first-order valence-electron chi connectivity index (χ1n) is 4.04. The van der Waals surface area contributed by atoms with Crippen LogP contribution in [0.2, 0.25) is 0 Å². The summed E-state index contributed by atoms with van der Waals surface area (Å²) in [6.07, 6.45) is 1.37. The van der Waals surface area contributed by atoms with Gasteiger partial charge in [-0.2, -0.15) is 0 Å². The fraction of sp³-hybridized carbons (Fsp3) is 0.444. The minimum atomic E-state index is -0.209. The number of methoxy groups -OCH3 is 1. The predicted octanol–water partition coefficient (Wildman–Crippen LogP) is 1.10. The summed E-state index contributed by atoms with van der Waals surface area (Å²) in [5.41, 5.74) is 0. The molecule has 13 heavy (non-hydrogen) atoms. The molecule has 1 heterocycles. The van der Waals surface area contributed by atoms with E-state index in [1.165, 1.54) is 6.92 Å². The Morgan fingerprint density at radius 3 is 3.00 bits per heavy atom. The van der Waals surface area contributed by atoms with Crippen molar-refractivity contribution in [3.05, 3.63) is 24.2 Å². The maximum atomic E-state index is 10.6. The summed E-state index contributed by atoms with van der Waals surface area (Å²) >= 11 is 0. The Morgan fingerprint density at radius 1 is 1.77 bits per heavy atom. The maximum absolute atomic E-state index is 10.6. The van der Waals surface area contributed by atoms with E-state index in [9.17, 15) is 4.79 Å². The first kappa shape index (κ1) is 9.80. The van der Waals surface area contributed by atoms with Gasteiger partial charge in [0.25, 0.3) is 0 Å². The summed E-state index contributed by atoms with van der Waals surface area (Å²) < 4.78 is 10.3. The van der Waals surface area contributed by atoms with Crippen molar-refractivity contribution < 1.29 is 13.9 Å². The van der Waals surface area contributed by atoms with Crippen LogP contribution in [0, 0.1) is 0 Å². The van der Waals surface area contributed by atoms with Gasteiger partial charge in [-0.25, -0.2) is 0 Å². The van der Waals surface area contributed by atoms with Crippen LogP contribution < -0.4 is 5.32 Å². The van der Waals surface area contributed by atoms with Gasteiger partial charge in [-0.15, -0.1) is 0 Å². The molecule has 0 bridgehead atoms. The van der Waals surface area contributed by atoms with Gasteiger partial charge in [0, 0.05) is 14.0 Å². The molecule has 0 aliphatic rings. The Bertz CT molecular complexity index is 256. The summed E-state index contributed by atoms with van der Waals surface area (Å²) in [5, 5.41) is 2.66. The largest absolute Gasteiger partial charge is 0.467 e. The summed E-state index contributed by atoms with van der Waals surface area (Å²) in [5.74, 6) is 0.643. The van der Waals surface area contributed by atoms with E-state index in [2.05, 4.69) is 5.32 Å². The van der Waals surface area contributed by atoms with Crippen molar-refractivity contribution in [3.8, 4) is 0 Å². The van der Waals surface area contributed by atoms with Crippen molar-refractivity contribution in [1.82, 2.24) is 5.32 Å². The van der Waals surface area contributed by atoms with Crippen molar-refractivity contribution in [3.63, 3.8) is 0 Å². The number of ether oxygens (including phenoxy) is 1. The molecule has 1 rings (SSSR count). The molecule has 0 saturated carbocycles. The first-order valence-corrected chi connectivity index (χ1v) is 4.04. The van der Waals surface area contributed by atoms with E-state index in [4.69, 9.17) is 9.15 Å². The third-order valence-corrected chi connectivity index (χ3v) is 1.68. The van der Waals surface area contributed by atoms with Crippen LogP contribution in [0.5, 0.6) is 0 Å². The van der Waals surface area contributed by atoms with E-state index in [0.717, 1.165) is 5.76 Å². The van der Waals surface area contributed by atoms with Crippen LogP contribution >= 0.6 is 0 Å². The highest BCUT2D eigenvalue weighted by Gasteiger charge is 2.12. The summed E-state index contributed by atoms with van der Waals surface area (Å²) in [6.45, 7) is 1.90. The molecule has 0 saturated heterocycles. The van der Waals surface area contributed by atoms with Gasteiger partial charge in [0.05, 0.1) is 12.8 Å². The number of furan rings is 1. The van der Waals surface area contributed by atoms with Gasteiger partial charge in [0.2, 0.25) is 5.91 Å². The zero-order valence-electron chi connectivity index (χ0n) is 7.74. The first-order chi connectivity index (χ1) is 6.24. The summed E-state index contributed by atoms with van der Waals surface area (Å²) in [7, 11) is 1.58. The summed E-state index contributed by atoms with van der Waals surface area (Å²) in [6, 6.07) is 3.60. The average molecular weight is 183 g/mol. The van der Waals surface area contributed by atoms with Gasteiger partial charge < -0.3 is 14.5 Å². The molecule has 1 aromatic rings. The highest BCUT2D eigenvalue weighted by atomic mass is 16.5. The maximum Gasteiger partial charge on any atom is 0.216 e. The van der Waals surface area contributed by atoms with Crippen molar-refractivity contribution in [1.29, 1.82) is 0 Å². The fourth-order valence-corrected chi connectivity index (χ4v) is 1.01. The lowest BCUT2D eigenvalue weighted by Crippen LogP contribution is -2.26. The van der Waals surface area contributed by atoms with E-state index >= 15 is 0 Å². The molecule has 4 heteroatoms. The van der Waals surface area contributed by atoms with Gasteiger partial charge in [0.1, 0.15) is 11.9 Å². The van der Waals surface area contributed by atoms with E-state index in [-0.39, 0.29) is 12.0 Å². The van der Waals surface area contributed by atoms with Gasteiger partial charge in [-0.3, -0.25) is 4.79 Å². The van der Waals surface area contributed by atoms with Crippen molar-refractivity contribution in [2.45, 2.75) is 13.0 Å². The zero-order valence-corrected chi connectivity index (χ0v) is 7.74. The molecule has 1 aromatic heterocycles. The van der Waals surface area contributed by atoms with Crippen molar-refractivity contribution >= 4 is 5.91 Å². The number of nitrogens with one attached hydrogen (secondary N) is 1. The second-order valence-electron chi connectivity index (χ2n) is 2.68. The molecular weight excluding hydrogens is 170 g/mol. The molecule has 0 aliphatic heterocycles. The Kier molecular flexibility index (Phi) is 3.52. The lowest BCUT2D eigenvalue weighted by Gasteiger charge is -2.12. The zero-order chi connectivity index (χ0) is 9.68. The molecule has 0 unspecified atom stereocenters. The number of hydrogen-bond donors (Lipinski definition) is 1. The molecule has 72 valence electrons. The minimum absolute atomic E-state index is 0.0754. The van der Waals surface area contributed by atoms with Crippen molar-refractivity contribution in [2.24, 2.45) is 0 Å². The molecule has 0 fully saturated rings. The van der Waals surface area contributed by atoms with Crippen LogP contribution in [0.1, 0.15) is 18.8 Å². The molecule has 0 radical (unpaired) electrons. The number of amides is 1. The molecule has 0 aliphatic carbocycles. The van der Waals surface area contributed by atoms with E-state index < -0.39 is 0 Å². The van der Waals surface area contributed by atoms with Crippen LogP contribution in [0.25, 0.3) is 0 Å². The molecule has 4 nitrogen and oxygen atoms in total. The lowest BCUT2D eigenvalue weighted by atomic mass is 10.2. The number of carbonyl (C=O) groups excluding carboxylic acids is 1. The molecule has 1 amide bonds. The van der Waals surface area contributed by atoms with Crippen LogP contribution in [-0.4, -0.2) is 19.6 Å². The molecule has 1 atom stereocenters. The van der Waals surface area contributed by atoms with E-state index in [1.54, 1.807) is 19.4 Å².